The number of nitrogens with zero attached hydrogens (tertiary/aromatic N) is 2. The Morgan fingerprint density at radius 1 is 1.35 bits per heavy atom. The van der Waals surface area contributed by atoms with E-state index in [2.05, 4.69) is 30.3 Å². The molecule has 0 saturated heterocycles. The zero-order valence-electron chi connectivity index (χ0n) is 10.8. The fourth-order valence-electron chi connectivity index (χ4n) is 1.90. The van der Waals surface area contributed by atoms with Crippen LogP contribution in [-0.4, -0.2) is 16.7 Å². The molecule has 1 heterocycles. The molecule has 2 rings (SSSR count). The minimum absolute atomic E-state index is 0.168. The Hall–Kier alpha value is -1.71. The lowest BCUT2D eigenvalue weighted by atomic mass is 9.97. The van der Waals surface area contributed by atoms with E-state index in [9.17, 15) is 0 Å². The number of hydrogen-bond donors (Lipinski definition) is 1. The Labute approximate surface area is 101 Å². The minimum Gasteiger partial charge on any atom is -0.497 e. The molecule has 0 amide bonds. The van der Waals surface area contributed by atoms with Crippen molar-refractivity contribution < 1.29 is 4.74 Å². The zero-order valence-corrected chi connectivity index (χ0v) is 10.8. The highest BCUT2D eigenvalue weighted by Gasteiger charge is 2.16. The van der Waals surface area contributed by atoms with Crippen LogP contribution in [0.4, 0.5) is 5.95 Å². The van der Waals surface area contributed by atoms with Crippen LogP contribution < -0.4 is 10.5 Å². The van der Waals surface area contributed by atoms with E-state index in [1.807, 2.05) is 18.2 Å². The number of nitrogens with two attached hydrogens (primary N) is 1. The minimum atomic E-state index is 0.168. The number of ether oxygens (including phenoxy) is 1. The van der Waals surface area contributed by atoms with Crippen LogP contribution >= 0.6 is 0 Å². The van der Waals surface area contributed by atoms with Crippen molar-refractivity contribution in [3.63, 3.8) is 0 Å². The van der Waals surface area contributed by atoms with Crippen molar-refractivity contribution in [2.45, 2.75) is 27.3 Å². The van der Waals surface area contributed by atoms with Gasteiger partial charge in [-0.3, -0.25) is 0 Å². The first-order valence-electron chi connectivity index (χ1n) is 5.70. The van der Waals surface area contributed by atoms with Crippen LogP contribution in [-0.2, 0) is 6.54 Å². The van der Waals surface area contributed by atoms with Crippen LogP contribution in [0.3, 0.4) is 0 Å². The molecule has 17 heavy (non-hydrogen) atoms. The fourth-order valence-corrected chi connectivity index (χ4v) is 1.90. The summed E-state index contributed by atoms with van der Waals surface area (Å²) in [6.07, 6.45) is 0. The molecule has 4 nitrogen and oxygen atoms in total. The van der Waals surface area contributed by atoms with Crippen LogP contribution in [0.5, 0.6) is 5.75 Å². The quantitative estimate of drug-likeness (QED) is 0.867. The van der Waals surface area contributed by atoms with Crippen molar-refractivity contribution in [1.82, 2.24) is 9.55 Å². The van der Waals surface area contributed by atoms with Crippen molar-refractivity contribution in [1.29, 1.82) is 0 Å². The third-order valence-electron chi connectivity index (χ3n) is 2.62. The van der Waals surface area contributed by atoms with Crippen LogP contribution in [0, 0.1) is 5.41 Å². The van der Waals surface area contributed by atoms with Crippen molar-refractivity contribution in [2.24, 2.45) is 5.41 Å². The number of benzene rings is 1. The second kappa shape index (κ2) is 3.95. The van der Waals surface area contributed by atoms with E-state index in [0.29, 0.717) is 5.95 Å². The van der Waals surface area contributed by atoms with E-state index in [1.165, 1.54) is 0 Å². The molecule has 0 aliphatic heterocycles. The fraction of sp³-hybridized carbons (Fsp3) is 0.462. The van der Waals surface area contributed by atoms with Crippen molar-refractivity contribution >= 4 is 17.0 Å². The Balaban J connectivity index is 2.52. The SMILES string of the molecule is COc1ccc2c(c1)nc(N)n2CC(C)(C)C. The lowest BCUT2D eigenvalue weighted by Crippen LogP contribution is -2.17. The number of aromatic nitrogens is 2. The summed E-state index contributed by atoms with van der Waals surface area (Å²) in [7, 11) is 1.65. The first-order valence-corrected chi connectivity index (χ1v) is 5.70. The molecule has 2 aromatic rings. The Kier molecular flexibility index (Phi) is 2.73. The number of fused-ring (bicyclic) bond motifs is 1. The van der Waals surface area contributed by atoms with Gasteiger partial charge in [0.2, 0.25) is 5.95 Å². The number of nitrogen functional groups attached to an aromatic ring is 1. The topological polar surface area (TPSA) is 53.1 Å². The van der Waals surface area contributed by atoms with Crippen molar-refractivity contribution in [3.8, 4) is 5.75 Å². The molecule has 92 valence electrons. The standard InChI is InChI=1S/C13H19N3O/c1-13(2,3)8-16-11-6-5-9(17-4)7-10(11)15-12(16)14/h5-7H,8H2,1-4H3,(H2,14,15). The van der Waals surface area contributed by atoms with Gasteiger partial charge in [0.1, 0.15) is 5.75 Å². The molecule has 1 aromatic carbocycles. The first-order chi connectivity index (χ1) is 7.90. The molecule has 0 unspecified atom stereocenters. The van der Waals surface area contributed by atoms with Gasteiger partial charge in [-0.25, -0.2) is 4.98 Å². The monoisotopic (exact) mass is 233 g/mol. The average Bonchev–Trinajstić information content (AvgIpc) is 2.52. The third-order valence-corrected chi connectivity index (χ3v) is 2.62. The largest absolute Gasteiger partial charge is 0.497 e. The lowest BCUT2D eigenvalue weighted by molar-refractivity contribution is 0.351. The average molecular weight is 233 g/mol. The van der Waals surface area contributed by atoms with E-state index in [1.54, 1.807) is 7.11 Å². The molecular weight excluding hydrogens is 214 g/mol. The Morgan fingerprint density at radius 3 is 2.65 bits per heavy atom. The second-order valence-electron chi connectivity index (χ2n) is 5.47. The second-order valence-corrected chi connectivity index (χ2v) is 5.47. The van der Waals surface area contributed by atoms with E-state index in [0.717, 1.165) is 23.3 Å². The highest BCUT2D eigenvalue weighted by molar-refractivity contribution is 5.79. The summed E-state index contributed by atoms with van der Waals surface area (Å²) in [6.45, 7) is 7.40. The maximum absolute atomic E-state index is 5.96. The van der Waals surface area contributed by atoms with E-state index in [-0.39, 0.29) is 5.41 Å². The van der Waals surface area contributed by atoms with Crippen LogP contribution in [0.15, 0.2) is 18.2 Å². The molecule has 0 radical (unpaired) electrons. The highest BCUT2D eigenvalue weighted by atomic mass is 16.5. The van der Waals surface area contributed by atoms with Crippen molar-refractivity contribution in [3.05, 3.63) is 18.2 Å². The Morgan fingerprint density at radius 2 is 2.06 bits per heavy atom. The van der Waals surface area contributed by atoms with Gasteiger partial charge in [0.05, 0.1) is 18.1 Å². The molecule has 0 aliphatic rings. The summed E-state index contributed by atoms with van der Waals surface area (Å²) in [6, 6.07) is 5.84. The molecule has 0 aliphatic carbocycles. The molecule has 2 N–H and O–H groups in total. The van der Waals surface area contributed by atoms with Gasteiger partial charge >= 0.3 is 0 Å². The van der Waals surface area contributed by atoms with Gasteiger partial charge < -0.3 is 15.0 Å². The summed E-state index contributed by atoms with van der Waals surface area (Å²) >= 11 is 0. The van der Waals surface area contributed by atoms with Gasteiger partial charge in [0.25, 0.3) is 0 Å². The van der Waals surface area contributed by atoms with E-state index < -0.39 is 0 Å². The molecule has 1 aromatic heterocycles. The summed E-state index contributed by atoms with van der Waals surface area (Å²) < 4.78 is 7.23. The lowest BCUT2D eigenvalue weighted by Gasteiger charge is -2.20. The van der Waals surface area contributed by atoms with Crippen molar-refractivity contribution in [2.75, 3.05) is 12.8 Å². The van der Waals surface area contributed by atoms with Gasteiger partial charge in [-0.15, -0.1) is 0 Å². The predicted octanol–water partition coefficient (Wildman–Crippen LogP) is 2.67. The predicted molar refractivity (Wildman–Crippen MR) is 70.2 cm³/mol. The van der Waals surface area contributed by atoms with Gasteiger partial charge in [-0.2, -0.15) is 0 Å². The molecule has 0 spiro atoms. The van der Waals surface area contributed by atoms with Gasteiger partial charge in [-0.1, -0.05) is 20.8 Å². The molecule has 4 heteroatoms. The summed E-state index contributed by atoms with van der Waals surface area (Å²) in [5.41, 5.74) is 8.07. The number of hydrogen-bond acceptors (Lipinski definition) is 3. The summed E-state index contributed by atoms with van der Waals surface area (Å²) in [5, 5.41) is 0. The Bertz CT molecular complexity index is 537. The molecule has 0 atom stereocenters. The van der Waals surface area contributed by atoms with Gasteiger partial charge in [0, 0.05) is 12.6 Å². The summed E-state index contributed by atoms with van der Waals surface area (Å²) in [4.78, 5) is 4.37. The first kappa shape index (κ1) is 11.8. The zero-order chi connectivity index (χ0) is 12.6. The maximum Gasteiger partial charge on any atom is 0.201 e. The van der Waals surface area contributed by atoms with E-state index in [4.69, 9.17) is 10.5 Å². The molecular formula is C13H19N3O. The third kappa shape index (κ3) is 2.35. The number of methoxy groups -OCH3 is 1. The number of imidazole rings is 1. The van der Waals surface area contributed by atoms with Crippen LogP contribution in [0.1, 0.15) is 20.8 Å². The van der Waals surface area contributed by atoms with Gasteiger partial charge in [-0.05, 0) is 17.5 Å². The van der Waals surface area contributed by atoms with Gasteiger partial charge in [0.15, 0.2) is 0 Å². The summed E-state index contributed by atoms with van der Waals surface area (Å²) in [5.74, 6) is 1.36. The number of rotatable bonds is 2. The molecule has 0 bridgehead atoms. The van der Waals surface area contributed by atoms with Crippen LogP contribution in [0.25, 0.3) is 11.0 Å². The highest BCUT2D eigenvalue weighted by Crippen LogP contribution is 2.26. The molecule has 0 fully saturated rings. The van der Waals surface area contributed by atoms with E-state index >= 15 is 0 Å². The normalized spacial score (nSPS) is 12.0. The maximum atomic E-state index is 5.96. The number of anilines is 1. The smallest absolute Gasteiger partial charge is 0.201 e. The molecule has 0 saturated carbocycles. The van der Waals surface area contributed by atoms with Crippen LogP contribution in [0.2, 0.25) is 0 Å².